The highest BCUT2D eigenvalue weighted by molar-refractivity contribution is 6.07. The van der Waals surface area contributed by atoms with Crippen LogP contribution in [0.4, 0.5) is 5.69 Å². The zero-order chi connectivity index (χ0) is 12.3. The highest BCUT2D eigenvalue weighted by Crippen LogP contribution is 2.27. The van der Waals surface area contributed by atoms with E-state index in [-0.39, 0.29) is 0 Å². The molecular formula is C15H20N2. The number of hydrogen-bond donors (Lipinski definition) is 1. The van der Waals surface area contributed by atoms with Crippen molar-refractivity contribution in [2.75, 3.05) is 11.9 Å². The lowest BCUT2D eigenvalue weighted by Gasteiger charge is -2.26. The maximum absolute atomic E-state index is 8.33. The van der Waals surface area contributed by atoms with Crippen LogP contribution in [0.3, 0.4) is 0 Å². The quantitative estimate of drug-likeness (QED) is 0.601. The van der Waals surface area contributed by atoms with E-state index in [1.54, 1.807) is 0 Å². The van der Waals surface area contributed by atoms with Crippen molar-refractivity contribution in [2.45, 2.75) is 32.6 Å². The van der Waals surface area contributed by atoms with Crippen LogP contribution in [0.2, 0.25) is 0 Å². The molecule has 2 heteroatoms. The Kier molecular flexibility index (Phi) is 3.62. The largest absolute Gasteiger partial charge is 0.330 e. The molecule has 1 N–H and O–H groups in total. The molecule has 2 nitrogen and oxygen atoms in total. The summed E-state index contributed by atoms with van der Waals surface area (Å²) in [5, 5.41) is 8.33. The summed E-state index contributed by atoms with van der Waals surface area (Å²) in [6, 6.07) is 10.1. The van der Waals surface area contributed by atoms with Gasteiger partial charge in [-0.3, -0.25) is 5.41 Å². The standard InChI is InChI=1S/C15H20N2/c1-12-8-6-7-11-14(12)15(16)17(2)13-9-4-3-5-10-13/h3-5,9-10,16H,6-8,11H2,1-2H3. The number of rotatable bonds is 2. The number of allylic oxidation sites excluding steroid dienone is 1. The molecule has 1 aliphatic rings. The van der Waals surface area contributed by atoms with Crippen LogP contribution in [0, 0.1) is 5.41 Å². The predicted octanol–water partition coefficient (Wildman–Crippen LogP) is 3.99. The van der Waals surface area contributed by atoms with E-state index < -0.39 is 0 Å². The predicted molar refractivity (Wildman–Crippen MR) is 73.7 cm³/mol. The molecule has 0 saturated heterocycles. The number of para-hydroxylation sites is 1. The highest BCUT2D eigenvalue weighted by atomic mass is 15.1. The fourth-order valence-corrected chi connectivity index (χ4v) is 2.36. The van der Waals surface area contributed by atoms with Crippen LogP contribution in [-0.4, -0.2) is 12.9 Å². The highest BCUT2D eigenvalue weighted by Gasteiger charge is 2.17. The summed E-state index contributed by atoms with van der Waals surface area (Å²) in [4.78, 5) is 1.98. The Morgan fingerprint density at radius 3 is 2.41 bits per heavy atom. The van der Waals surface area contributed by atoms with Gasteiger partial charge >= 0.3 is 0 Å². The van der Waals surface area contributed by atoms with Crippen LogP contribution in [0.5, 0.6) is 0 Å². The molecule has 0 atom stereocenters. The Bertz CT molecular complexity index is 431. The van der Waals surface area contributed by atoms with Crippen LogP contribution in [0.15, 0.2) is 41.5 Å². The van der Waals surface area contributed by atoms with Crippen LogP contribution in [0.25, 0.3) is 0 Å². The summed E-state index contributed by atoms with van der Waals surface area (Å²) >= 11 is 0. The zero-order valence-corrected chi connectivity index (χ0v) is 10.7. The third kappa shape index (κ3) is 2.57. The molecule has 1 aliphatic carbocycles. The molecule has 0 spiro atoms. The van der Waals surface area contributed by atoms with Crippen molar-refractivity contribution in [1.29, 1.82) is 5.41 Å². The summed E-state index contributed by atoms with van der Waals surface area (Å²) < 4.78 is 0. The van der Waals surface area contributed by atoms with Gasteiger partial charge in [-0.1, -0.05) is 23.8 Å². The Hall–Kier alpha value is -1.57. The monoisotopic (exact) mass is 228 g/mol. The summed E-state index contributed by atoms with van der Waals surface area (Å²) in [6.45, 7) is 2.17. The van der Waals surface area contributed by atoms with Gasteiger partial charge in [0.25, 0.3) is 0 Å². The first-order valence-corrected chi connectivity index (χ1v) is 6.26. The van der Waals surface area contributed by atoms with Crippen LogP contribution in [-0.2, 0) is 0 Å². The minimum Gasteiger partial charge on any atom is -0.330 e. The molecule has 1 aromatic carbocycles. The third-order valence-electron chi connectivity index (χ3n) is 3.51. The summed E-state index contributed by atoms with van der Waals surface area (Å²) in [7, 11) is 1.98. The van der Waals surface area contributed by atoms with E-state index >= 15 is 0 Å². The van der Waals surface area contributed by atoms with Gasteiger partial charge in [0.05, 0.1) is 0 Å². The normalized spacial score (nSPS) is 15.9. The molecule has 0 aromatic heterocycles. The molecule has 90 valence electrons. The number of nitrogens with one attached hydrogen (secondary N) is 1. The number of benzene rings is 1. The van der Waals surface area contributed by atoms with E-state index in [0.717, 1.165) is 18.5 Å². The average Bonchev–Trinajstić information content (AvgIpc) is 2.39. The molecule has 0 aliphatic heterocycles. The SMILES string of the molecule is CC1=C(C(=N)N(C)c2ccccc2)CCCC1. The molecule has 0 radical (unpaired) electrons. The van der Waals surface area contributed by atoms with Crippen molar-refractivity contribution < 1.29 is 0 Å². The van der Waals surface area contributed by atoms with Crippen LogP contribution in [0.1, 0.15) is 32.6 Å². The van der Waals surface area contributed by atoms with Gasteiger partial charge in [0.2, 0.25) is 0 Å². The molecule has 1 aromatic rings. The van der Waals surface area contributed by atoms with Crippen molar-refractivity contribution in [3.05, 3.63) is 41.5 Å². The number of amidine groups is 1. The van der Waals surface area contributed by atoms with Crippen molar-refractivity contribution >= 4 is 11.5 Å². The molecule has 0 fully saturated rings. The first-order chi connectivity index (χ1) is 8.20. The van der Waals surface area contributed by atoms with E-state index in [9.17, 15) is 0 Å². The molecule has 0 amide bonds. The number of anilines is 1. The molecule has 0 heterocycles. The summed E-state index contributed by atoms with van der Waals surface area (Å²) in [6.07, 6.45) is 4.71. The maximum atomic E-state index is 8.33. The Morgan fingerprint density at radius 1 is 1.12 bits per heavy atom. The fourth-order valence-electron chi connectivity index (χ4n) is 2.36. The lowest BCUT2D eigenvalue weighted by Crippen LogP contribution is -2.28. The number of nitrogens with zero attached hydrogens (tertiary/aromatic N) is 1. The maximum Gasteiger partial charge on any atom is 0.128 e. The third-order valence-corrected chi connectivity index (χ3v) is 3.51. The Balaban J connectivity index is 2.21. The molecular weight excluding hydrogens is 208 g/mol. The van der Waals surface area contributed by atoms with Crippen LogP contribution >= 0.6 is 0 Å². The second kappa shape index (κ2) is 5.17. The fraction of sp³-hybridized carbons (Fsp3) is 0.400. The topological polar surface area (TPSA) is 27.1 Å². The lowest BCUT2D eigenvalue weighted by atomic mass is 9.91. The van der Waals surface area contributed by atoms with E-state index in [4.69, 9.17) is 5.41 Å². The van der Waals surface area contributed by atoms with Gasteiger partial charge in [-0.15, -0.1) is 0 Å². The summed E-state index contributed by atoms with van der Waals surface area (Å²) in [5.74, 6) is 0.661. The van der Waals surface area contributed by atoms with E-state index in [2.05, 4.69) is 6.92 Å². The van der Waals surface area contributed by atoms with Gasteiger partial charge in [-0.2, -0.15) is 0 Å². The first kappa shape index (κ1) is 11.9. The molecule has 17 heavy (non-hydrogen) atoms. The molecule has 0 unspecified atom stereocenters. The second-order valence-electron chi connectivity index (χ2n) is 4.71. The van der Waals surface area contributed by atoms with Crippen molar-refractivity contribution in [2.24, 2.45) is 0 Å². The number of hydrogen-bond acceptors (Lipinski definition) is 1. The van der Waals surface area contributed by atoms with E-state index in [0.29, 0.717) is 5.84 Å². The second-order valence-corrected chi connectivity index (χ2v) is 4.71. The van der Waals surface area contributed by atoms with Crippen molar-refractivity contribution in [1.82, 2.24) is 0 Å². The average molecular weight is 228 g/mol. The smallest absolute Gasteiger partial charge is 0.128 e. The summed E-state index contributed by atoms with van der Waals surface area (Å²) in [5.41, 5.74) is 3.72. The first-order valence-electron chi connectivity index (χ1n) is 6.26. The minimum absolute atomic E-state index is 0.661. The van der Waals surface area contributed by atoms with Crippen molar-refractivity contribution in [3.8, 4) is 0 Å². The number of likely N-dealkylation sites (N-methyl/N-ethyl adjacent to an activating group) is 1. The lowest BCUT2D eigenvalue weighted by molar-refractivity contribution is 0.686. The van der Waals surface area contributed by atoms with Crippen LogP contribution < -0.4 is 4.90 Å². The zero-order valence-electron chi connectivity index (χ0n) is 10.7. The molecule has 0 saturated carbocycles. The van der Waals surface area contributed by atoms with E-state index in [1.165, 1.54) is 24.0 Å². The van der Waals surface area contributed by atoms with Gasteiger partial charge < -0.3 is 4.90 Å². The van der Waals surface area contributed by atoms with Gasteiger partial charge in [-0.25, -0.2) is 0 Å². The van der Waals surface area contributed by atoms with Gasteiger partial charge in [0, 0.05) is 12.7 Å². The molecule has 0 bridgehead atoms. The Labute approximate surface area is 103 Å². The molecule has 2 rings (SSSR count). The van der Waals surface area contributed by atoms with Gasteiger partial charge in [-0.05, 0) is 50.3 Å². The van der Waals surface area contributed by atoms with E-state index in [1.807, 2.05) is 42.3 Å². The minimum atomic E-state index is 0.661. The Morgan fingerprint density at radius 2 is 1.76 bits per heavy atom. The van der Waals surface area contributed by atoms with Crippen molar-refractivity contribution in [3.63, 3.8) is 0 Å². The van der Waals surface area contributed by atoms with Gasteiger partial charge in [0.15, 0.2) is 0 Å². The van der Waals surface area contributed by atoms with Gasteiger partial charge in [0.1, 0.15) is 5.84 Å².